The van der Waals surface area contributed by atoms with Crippen molar-refractivity contribution in [3.05, 3.63) is 0 Å². The maximum absolute atomic E-state index is 12.3. The second-order valence-corrected chi connectivity index (χ2v) is 12.5. The molecule has 2 saturated heterocycles. The molecule has 0 aromatic rings. The van der Waals surface area contributed by atoms with Crippen LogP contribution in [0.25, 0.3) is 0 Å². The predicted molar refractivity (Wildman–Crippen MR) is 117 cm³/mol. The fraction of sp³-hybridized carbons (Fsp3) is 0.917. The van der Waals surface area contributed by atoms with Gasteiger partial charge in [-0.25, -0.2) is 0 Å². The number of unbranched alkanes of at least 4 members (excludes halogenated alkanes) is 1. The predicted octanol–water partition coefficient (Wildman–Crippen LogP) is 2.20. The number of hydrogen-bond acceptors (Lipinski definition) is 4. The van der Waals surface area contributed by atoms with E-state index in [1.54, 1.807) is 0 Å². The average molecular weight is 427 g/mol. The van der Waals surface area contributed by atoms with Gasteiger partial charge in [0.15, 0.2) is 0 Å². The molecule has 174 valence electrons. The molecule has 0 aliphatic carbocycles. The largest absolute Gasteiger partial charge is 0.462 e. The molecule has 2 fully saturated rings. The molecule has 0 aromatic heterocycles. The molecule has 30 heavy (non-hydrogen) atoms. The molecule has 2 aliphatic rings. The second-order valence-electron chi connectivity index (χ2n) is 12.5. The van der Waals surface area contributed by atoms with Crippen molar-refractivity contribution in [3.63, 3.8) is 0 Å². The number of ether oxygens (including phenoxy) is 2. The third kappa shape index (κ3) is 8.54. The molecule has 0 unspecified atom stereocenters. The van der Waals surface area contributed by atoms with Gasteiger partial charge in [0.1, 0.15) is 12.2 Å². The highest BCUT2D eigenvalue weighted by molar-refractivity contribution is 5.70. The van der Waals surface area contributed by atoms with Gasteiger partial charge in [0.25, 0.3) is 0 Å². The van der Waals surface area contributed by atoms with Crippen molar-refractivity contribution in [3.8, 4) is 0 Å². The molecular formula is C24H46N2O4+2. The first kappa shape index (κ1) is 25.1. The summed E-state index contributed by atoms with van der Waals surface area (Å²) in [5, 5.41) is 4.76. The number of carbonyl (C=O) groups excluding carboxylic acids is 2. The van der Waals surface area contributed by atoms with Crippen LogP contribution < -0.4 is 10.6 Å². The summed E-state index contributed by atoms with van der Waals surface area (Å²) in [5.74, 6) is -0.290. The van der Waals surface area contributed by atoms with Gasteiger partial charge in [-0.2, -0.15) is 0 Å². The first-order valence-electron chi connectivity index (χ1n) is 11.7. The molecule has 2 aliphatic heterocycles. The van der Waals surface area contributed by atoms with E-state index in [2.05, 4.69) is 66.0 Å². The first-order chi connectivity index (χ1) is 13.6. The molecular weight excluding hydrogens is 380 g/mol. The molecule has 0 spiro atoms. The molecule has 6 heteroatoms. The third-order valence-corrected chi connectivity index (χ3v) is 6.19. The van der Waals surface area contributed by atoms with E-state index < -0.39 is 0 Å². The summed E-state index contributed by atoms with van der Waals surface area (Å²) in [4.78, 5) is 24.6. The van der Waals surface area contributed by atoms with E-state index in [9.17, 15) is 9.59 Å². The van der Waals surface area contributed by atoms with Gasteiger partial charge in [0, 0.05) is 38.5 Å². The summed E-state index contributed by atoms with van der Waals surface area (Å²) in [5.41, 5.74) is 0.319. The van der Waals surface area contributed by atoms with Gasteiger partial charge in [-0.15, -0.1) is 0 Å². The number of quaternary nitrogens is 2. The van der Waals surface area contributed by atoms with Crippen LogP contribution in [0.4, 0.5) is 0 Å². The Hall–Kier alpha value is -1.14. The van der Waals surface area contributed by atoms with Gasteiger partial charge in [0.2, 0.25) is 0 Å². The Morgan fingerprint density at radius 1 is 0.633 bits per heavy atom. The number of hydrogen-bond donors (Lipinski definition) is 2. The lowest BCUT2D eigenvalue weighted by Crippen LogP contribution is -3.06. The maximum atomic E-state index is 12.3. The summed E-state index contributed by atoms with van der Waals surface area (Å²) >= 11 is 0. The van der Waals surface area contributed by atoms with Gasteiger partial charge >= 0.3 is 11.9 Å². The molecule has 0 saturated carbocycles. The summed E-state index contributed by atoms with van der Waals surface area (Å²) in [7, 11) is 0. The number of nitrogens with two attached hydrogens (primary N) is 2. The molecule has 0 radical (unpaired) electrons. The van der Waals surface area contributed by atoms with E-state index in [4.69, 9.17) is 9.47 Å². The molecule has 0 aromatic carbocycles. The lowest BCUT2D eigenvalue weighted by atomic mass is 9.81. The smallest absolute Gasteiger partial charge is 0.306 e. The Bertz CT molecular complexity index is 539. The maximum Gasteiger partial charge on any atom is 0.306 e. The second kappa shape index (κ2) is 9.15. The van der Waals surface area contributed by atoms with Crippen LogP contribution in [-0.4, -0.2) is 46.3 Å². The van der Waals surface area contributed by atoms with Crippen LogP contribution >= 0.6 is 0 Å². The highest BCUT2D eigenvalue weighted by Gasteiger charge is 2.44. The fourth-order valence-corrected chi connectivity index (χ4v) is 6.04. The van der Waals surface area contributed by atoms with Crippen molar-refractivity contribution in [1.29, 1.82) is 0 Å². The van der Waals surface area contributed by atoms with E-state index in [1.165, 1.54) is 0 Å². The van der Waals surface area contributed by atoms with Crippen LogP contribution in [-0.2, 0) is 19.1 Å². The van der Waals surface area contributed by atoms with Crippen LogP contribution in [0.1, 0.15) is 107 Å². The lowest BCUT2D eigenvalue weighted by Gasteiger charge is -2.42. The fourth-order valence-electron chi connectivity index (χ4n) is 6.04. The summed E-state index contributed by atoms with van der Waals surface area (Å²) in [6.07, 6.45) is 5.52. The Labute approximate surface area is 183 Å². The van der Waals surface area contributed by atoms with Crippen molar-refractivity contribution in [2.75, 3.05) is 0 Å². The zero-order valence-electron chi connectivity index (χ0n) is 20.6. The van der Waals surface area contributed by atoms with Crippen LogP contribution in [0.15, 0.2) is 0 Å². The SMILES string of the molecule is CC1(C)CC(OC(=O)CCCCC(=O)OC2CC(C)(C)[NH2+]C(C)(C)C2)CC(C)(C)[NH2+]1. The lowest BCUT2D eigenvalue weighted by molar-refractivity contribution is -0.790. The highest BCUT2D eigenvalue weighted by atomic mass is 16.5. The molecule has 2 rings (SSSR count). The van der Waals surface area contributed by atoms with Gasteiger partial charge in [0.05, 0.1) is 22.2 Å². The number of esters is 2. The van der Waals surface area contributed by atoms with E-state index >= 15 is 0 Å². The molecule has 6 nitrogen and oxygen atoms in total. The summed E-state index contributed by atoms with van der Waals surface area (Å²) in [6, 6.07) is 0. The Kier molecular flexibility index (Phi) is 7.67. The van der Waals surface area contributed by atoms with E-state index in [0.29, 0.717) is 25.7 Å². The quantitative estimate of drug-likeness (QED) is 0.483. The zero-order valence-corrected chi connectivity index (χ0v) is 20.6. The molecule has 0 atom stereocenters. The summed E-state index contributed by atoms with van der Waals surface area (Å²) < 4.78 is 11.5. The van der Waals surface area contributed by atoms with E-state index in [-0.39, 0.29) is 46.3 Å². The van der Waals surface area contributed by atoms with Crippen molar-refractivity contribution in [2.24, 2.45) is 0 Å². The Morgan fingerprint density at radius 3 is 1.17 bits per heavy atom. The molecule has 2 heterocycles. The Morgan fingerprint density at radius 2 is 0.900 bits per heavy atom. The van der Waals surface area contributed by atoms with Crippen molar-refractivity contribution < 1.29 is 29.7 Å². The molecule has 0 amide bonds. The van der Waals surface area contributed by atoms with Crippen LogP contribution in [0, 0.1) is 0 Å². The first-order valence-corrected chi connectivity index (χ1v) is 11.7. The highest BCUT2D eigenvalue weighted by Crippen LogP contribution is 2.26. The number of piperidine rings is 2. The minimum absolute atomic E-state index is 0.0210. The Balaban J connectivity index is 1.67. The van der Waals surface area contributed by atoms with Crippen molar-refractivity contribution in [1.82, 2.24) is 0 Å². The van der Waals surface area contributed by atoms with E-state index in [0.717, 1.165) is 25.7 Å². The van der Waals surface area contributed by atoms with Crippen LogP contribution in [0.2, 0.25) is 0 Å². The van der Waals surface area contributed by atoms with Gasteiger partial charge in [-0.3, -0.25) is 9.59 Å². The third-order valence-electron chi connectivity index (χ3n) is 6.19. The molecule has 0 bridgehead atoms. The van der Waals surface area contributed by atoms with Gasteiger partial charge in [-0.05, 0) is 68.2 Å². The minimum atomic E-state index is -0.145. The van der Waals surface area contributed by atoms with Gasteiger partial charge < -0.3 is 20.1 Å². The normalized spacial score (nSPS) is 25.5. The van der Waals surface area contributed by atoms with E-state index in [1.807, 2.05) is 0 Å². The van der Waals surface area contributed by atoms with Gasteiger partial charge in [-0.1, -0.05) is 0 Å². The topological polar surface area (TPSA) is 85.8 Å². The van der Waals surface area contributed by atoms with Crippen molar-refractivity contribution >= 4 is 11.9 Å². The zero-order chi connectivity index (χ0) is 22.8. The summed E-state index contributed by atoms with van der Waals surface area (Å²) in [6.45, 7) is 17.6. The number of carbonyl (C=O) groups is 2. The van der Waals surface area contributed by atoms with Crippen LogP contribution in [0.5, 0.6) is 0 Å². The molecule has 4 N–H and O–H groups in total. The number of rotatable bonds is 7. The van der Waals surface area contributed by atoms with Crippen LogP contribution in [0.3, 0.4) is 0 Å². The van der Waals surface area contributed by atoms with Crippen molar-refractivity contribution in [2.45, 2.75) is 141 Å². The standard InChI is InChI=1S/C24H44N2O4/c1-21(2)13-17(14-22(3,4)25-21)29-19(27)11-9-10-12-20(28)30-18-15-23(5,6)26-24(7,8)16-18/h17-18,25-26H,9-16H2,1-8H3/p+2. The average Bonchev–Trinajstić information content (AvgIpc) is 2.44. The monoisotopic (exact) mass is 426 g/mol. The minimum Gasteiger partial charge on any atom is -0.462 e.